The van der Waals surface area contributed by atoms with E-state index in [1.54, 1.807) is 20.0 Å². The van der Waals surface area contributed by atoms with Crippen LogP contribution in [0.4, 0.5) is 0 Å². The highest BCUT2D eigenvalue weighted by Gasteiger charge is 2.28. The topological polar surface area (TPSA) is 50.7 Å². The Bertz CT molecular complexity index is 539. The van der Waals surface area contributed by atoms with Gasteiger partial charge >= 0.3 is 0 Å². The molecule has 2 N–H and O–H groups in total. The number of ether oxygens (including phenoxy) is 2. The molecule has 3 rings (SSSR count). The molecule has 4 nitrogen and oxygen atoms in total. The smallest absolute Gasteiger partial charge is 0.203 e. The van der Waals surface area contributed by atoms with Gasteiger partial charge in [0, 0.05) is 6.20 Å². The minimum Gasteiger partial charge on any atom is -0.488 e. The highest BCUT2D eigenvalue weighted by atomic mass is 16.6. The first-order chi connectivity index (χ1) is 11.0. The molecular weight excluding hydrogens is 290 g/mol. The van der Waals surface area contributed by atoms with Crippen LogP contribution >= 0.6 is 0 Å². The van der Waals surface area contributed by atoms with E-state index in [1.165, 1.54) is 37.7 Å². The van der Waals surface area contributed by atoms with E-state index in [9.17, 15) is 5.11 Å². The molecule has 1 aliphatic carbocycles. The summed E-state index contributed by atoms with van der Waals surface area (Å²) in [5.41, 5.74) is 0.460. The van der Waals surface area contributed by atoms with Gasteiger partial charge in [0.05, 0.1) is 0 Å². The maximum Gasteiger partial charge on any atom is 0.203 e. The first-order valence-corrected chi connectivity index (χ1v) is 8.61. The Kier molecular flexibility index (Phi) is 4.81. The number of hydrogen-bond donors (Lipinski definition) is 2. The standard InChI is InChI=1S/C19H27NO3/c1-19(2,21)17-12-20-18(23-17)13-22-16-10-8-15(9-11-16)14-6-4-3-5-7-14/h8-12,14,18,20-21H,3-7,13H2,1-2H3/t18-/m0/s1. The third-order valence-electron chi connectivity index (χ3n) is 4.63. The summed E-state index contributed by atoms with van der Waals surface area (Å²) in [5.74, 6) is 2.11. The average molecular weight is 317 g/mol. The zero-order valence-electron chi connectivity index (χ0n) is 14.0. The molecule has 1 atom stereocenters. The lowest BCUT2D eigenvalue weighted by molar-refractivity contribution is 0.00355. The lowest BCUT2D eigenvalue weighted by Crippen LogP contribution is -2.30. The molecule has 2 aliphatic rings. The fourth-order valence-electron chi connectivity index (χ4n) is 3.24. The van der Waals surface area contributed by atoms with Crippen molar-refractivity contribution in [2.24, 2.45) is 0 Å². The summed E-state index contributed by atoms with van der Waals surface area (Å²) in [7, 11) is 0. The normalized spacial score (nSPS) is 22.2. The van der Waals surface area contributed by atoms with Crippen molar-refractivity contribution in [1.82, 2.24) is 5.32 Å². The molecule has 1 aromatic carbocycles. The summed E-state index contributed by atoms with van der Waals surface area (Å²) in [6, 6.07) is 8.47. The molecule has 1 aromatic rings. The number of aliphatic hydroxyl groups is 1. The summed E-state index contributed by atoms with van der Waals surface area (Å²) in [6.45, 7) is 3.81. The van der Waals surface area contributed by atoms with E-state index < -0.39 is 5.60 Å². The van der Waals surface area contributed by atoms with Crippen LogP contribution in [0.1, 0.15) is 57.4 Å². The predicted octanol–water partition coefficient (Wildman–Crippen LogP) is 3.67. The summed E-state index contributed by atoms with van der Waals surface area (Å²) in [6.07, 6.45) is 8.16. The molecule has 0 spiro atoms. The molecule has 0 radical (unpaired) electrons. The van der Waals surface area contributed by atoms with Crippen molar-refractivity contribution >= 4 is 0 Å². The van der Waals surface area contributed by atoms with Gasteiger partial charge in [0.1, 0.15) is 23.7 Å². The molecule has 1 fully saturated rings. The van der Waals surface area contributed by atoms with Gasteiger partial charge in [-0.2, -0.15) is 0 Å². The highest BCUT2D eigenvalue weighted by Crippen LogP contribution is 2.33. The zero-order chi connectivity index (χ0) is 16.3. The first kappa shape index (κ1) is 16.2. The zero-order valence-corrected chi connectivity index (χ0v) is 14.0. The number of rotatable bonds is 5. The van der Waals surface area contributed by atoms with Crippen LogP contribution in [0.3, 0.4) is 0 Å². The van der Waals surface area contributed by atoms with Crippen LogP contribution in [0.2, 0.25) is 0 Å². The van der Waals surface area contributed by atoms with E-state index in [-0.39, 0.29) is 6.23 Å². The summed E-state index contributed by atoms with van der Waals surface area (Å²) >= 11 is 0. The second-order valence-corrected chi connectivity index (χ2v) is 7.06. The summed E-state index contributed by atoms with van der Waals surface area (Å²) < 4.78 is 11.4. The van der Waals surface area contributed by atoms with Gasteiger partial charge in [0.15, 0.2) is 0 Å². The lowest BCUT2D eigenvalue weighted by atomic mass is 9.84. The van der Waals surface area contributed by atoms with Gasteiger partial charge in [-0.25, -0.2) is 0 Å². The predicted molar refractivity (Wildman–Crippen MR) is 90.2 cm³/mol. The third-order valence-corrected chi connectivity index (χ3v) is 4.63. The van der Waals surface area contributed by atoms with Gasteiger partial charge in [0.25, 0.3) is 0 Å². The Balaban J connectivity index is 1.48. The van der Waals surface area contributed by atoms with Crippen LogP contribution in [0, 0.1) is 0 Å². The molecule has 0 saturated heterocycles. The van der Waals surface area contributed by atoms with E-state index in [0.29, 0.717) is 12.4 Å². The van der Waals surface area contributed by atoms with Crippen LogP contribution < -0.4 is 10.1 Å². The molecular formula is C19H27NO3. The van der Waals surface area contributed by atoms with Crippen LogP contribution in [-0.2, 0) is 4.74 Å². The van der Waals surface area contributed by atoms with E-state index in [0.717, 1.165) is 11.7 Å². The van der Waals surface area contributed by atoms with Gasteiger partial charge < -0.3 is 19.9 Å². The SMILES string of the molecule is CC(C)(O)C1=CN[C@H](COc2ccc(C3CCCCC3)cc2)O1. The van der Waals surface area contributed by atoms with Crippen molar-refractivity contribution in [2.75, 3.05) is 6.61 Å². The van der Waals surface area contributed by atoms with Crippen molar-refractivity contribution in [2.45, 2.75) is 63.7 Å². The molecule has 0 bridgehead atoms. The van der Waals surface area contributed by atoms with Gasteiger partial charge in [-0.1, -0.05) is 31.4 Å². The molecule has 1 saturated carbocycles. The van der Waals surface area contributed by atoms with Crippen molar-refractivity contribution in [3.8, 4) is 5.75 Å². The molecule has 126 valence electrons. The van der Waals surface area contributed by atoms with Crippen LogP contribution in [0.5, 0.6) is 5.75 Å². The average Bonchev–Trinajstić information content (AvgIpc) is 3.04. The summed E-state index contributed by atoms with van der Waals surface area (Å²) in [5, 5.41) is 13.0. The molecule has 1 aliphatic heterocycles. The Morgan fingerprint density at radius 2 is 1.87 bits per heavy atom. The maximum absolute atomic E-state index is 9.90. The minimum absolute atomic E-state index is 0.255. The Labute approximate surface area is 138 Å². The van der Waals surface area contributed by atoms with Crippen LogP contribution in [0.15, 0.2) is 36.2 Å². The number of nitrogens with one attached hydrogen (secondary N) is 1. The van der Waals surface area contributed by atoms with E-state index in [1.807, 2.05) is 12.1 Å². The van der Waals surface area contributed by atoms with Crippen molar-refractivity contribution in [1.29, 1.82) is 0 Å². The molecule has 0 unspecified atom stereocenters. The molecule has 0 aromatic heterocycles. The van der Waals surface area contributed by atoms with E-state index in [2.05, 4.69) is 17.4 Å². The lowest BCUT2D eigenvalue weighted by Gasteiger charge is -2.22. The number of hydrogen-bond acceptors (Lipinski definition) is 4. The van der Waals surface area contributed by atoms with Crippen LogP contribution in [-0.4, -0.2) is 23.5 Å². The van der Waals surface area contributed by atoms with Crippen LogP contribution in [0.25, 0.3) is 0 Å². The Hall–Kier alpha value is -1.68. The first-order valence-electron chi connectivity index (χ1n) is 8.61. The largest absolute Gasteiger partial charge is 0.488 e. The van der Waals surface area contributed by atoms with E-state index in [4.69, 9.17) is 9.47 Å². The number of benzene rings is 1. The van der Waals surface area contributed by atoms with Gasteiger partial charge in [-0.3, -0.25) is 0 Å². The van der Waals surface area contributed by atoms with Crippen molar-refractivity contribution in [3.63, 3.8) is 0 Å². The van der Waals surface area contributed by atoms with Crippen molar-refractivity contribution < 1.29 is 14.6 Å². The minimum atomic E-state index is -0.969. The molecule has 23 heavy (non-hydrogen) atoms. The quantitative estimate of drug-likeness (QED) is 0.870. The fraction of sp³-hybridized carbons (Fsp3) is 0.579. The Morgan fingerprint density at radius 1 is 1.17 bits per heavy atom. The third kappa shape index (κ3) is 4.20. The van der Waals surface area contributed by atoms with Gasteiger partial charge in [0.2, 0.25) is 6.23 Å². The summed E-state index contributed by atoms with van der Waals surface area (Å²) in [4.78, 5) is 0. The van der Waals surface area contributed by atoms with E-state index >= 15 is 0 Å². The molecule has 1 heterocycles. The Morgan fingerprint density at radius 3 is 2.48 bits per heavy atom. The second kappa shape index (κ2) is 6.83. The molecule has 0 amide bonds. The maximum atomic E-state index is 9.90. The monoisotopic (exact) mass is 317 g/mol. The molecule has 4 heteroatoms. The van der Waals surface area contributed by atoms with Gasteiger partial charge in [-0.15, -0.1) is 0 Å². The highest BCUT2D eigenvalue weighted by molar-refractivity contribution is 5.29. The fourth-order valence-corrected chi connectivity index (χ4v) is 3.24. The van der Waals surface area contributed by atoms with Gasteiger partial charge in [-0.05, 0) is 50.3 Å². The van der Waals surface area contributed by atoms with Crippen molar-refractivity contribution in [3.05, 3.63) is 41.8 Å². The second-order valence-electron chi connectivity index (χ2n) is 7.06.